The first-order valence-electron chi connectivity index (χ1n) is 8.59. The van der Waals surface area contributed by atoms with E-state index in [1.807, 2.05) is 19.9 Å². The Bertz CT molecular complexity index is 875. The Labute approximate surface area is 153 Å². The van der Waals surface area contributed by atoms with Crippen molar-refractivity contribution in [2.24, 2.45) is 0 Å². The number of hydrogen-bond acceptors (Lipinski definition) is 6. The van der Waals surface area contributed by atoms with Crippen molar-refractivity contribution < 1.29 is 22.4 Å². The maximum Gasteiger partial charge on any atom is 0.247 e. The second-order valence-electron chi connectivity index (χ2n) is 6.60. The van der Waals surface area contributed by atoms with Gasteiger partial charge in [0.1, 0.15) is 27.8 Å². The van der Waals surface area contributed by atoms with E-state index in [0.717, 1.165) is 12.2 Å². The molecule has 26 heavy (non-hydrogen) atoms. The van der Waals surface area contributed by atoms with Crippen LogP contribution in [0.2, 0.25) is 0 Å². The molecule has 1 aliphatic rings. The molecular formula is C18H24N2O5S. The molecule has 0 saturated carbocycles. The quantitative estimate of drug-likeness (QED) is 0.764. The van der Waals surface area contributed by atoms with Gasteiger partial charge in [0.15, 0.2) is 0 Å². The van der Waals surface area contributed by atoms with Gasteiger partial charge in [-0.25, -0.2) is 8.42 Å². The molecule has 7 nitrogen and oxygen atoms in total. The number of methoxy groups -OCH3 is 2. The largest absolute Gasteiger partial charge is 0.497 e. The average molecular weight is 380 g/mol. The highest BCUT2D eigenvalue weighted by atomic mass is 32.2. The minimum Gasteiger partial charge on any atom is -0.497 e. The van der Waals surface area contributed by atoms with Crippen molar-refractivity contribution in [1.82, 2.24) is 9.46 Å². The van der Waals surface area contributed by atoms with E-state index in [9.17, 15) is 8.42 Å². The molecule has 142 valence electrons. The molecule has 1 fully saturated rings. The van der Waals surface area contributed by atoms with Gasteiger partial charge in [-0.05, 0) is 25.0 Å². The Balaban J connectivity index is 2.00. The fourth-order valence-corrected chi connectivity index (χ4v) is 5.01. The van der Waals surface area contributed by atoms with Crippen LogP contribution in [0.3, 0.4) is 0 Å². The van der Waals surface area contributed by atoms with E-state index in [1.54, 1.807) is 12.1 Å². The number of aromatic nitrogens is 1. The van der Waals surface area contributed by atoms with E-state index in [0.29, 0.717) is 30.2 Å². The SMILES string of the molecule is COc1ccc(OC)c(S(=O)(=O)N2CCCC2c2cc(C(C)C)on2)c1. The summed E-state index contributed by atoms with van der Waals surface area (Å²) < 4.78 is 44.0. The van der Waals surface area contributed by atoms with Gasteiger partial charge < -0.3 is 14.0 Å². The smallest absolute Gasteiger partial charge is 0.247 e. The van der Waals surface area contributed by atoms with E-state index in [2.05, 4.69) is 5.16 Å². The van der Waals surface area contributed by atoms with Gasteiger partial charge in [-0.2, -0.15) is 4.31 Å². The Morgan fingerprint density at radius 3 is 2.62 bits per heavy atom. The molecule has 0 radical (unpaired) electrons. The summed E-state index contributed by atoms with van der Waals surface area (Å²) in [5, 5.41) is 4.12. The zero-order valence-electron chi connectivity index (χ0n) is 15.4. The summed E-state index contributed by atoms with van der Waals surface area (Å²) in [4.78, 5) is 0.0961. The molecule has 2 heterocycles. The van der Waals surface area contributed by atoms with Gasteiger partial charge in [-0.1, -0.05) is 19.0 Å². The molecule has 0 spiro atoms. The van der Waals surface area contributed by atoms with Crippen LogP contribution < -0.4 is 9.47 Å². The van der Waals surface area contributed by atoms with Crippen molar-refractivity contribution in [2.45, 2.75) is 43.5 Å². The number of hydrogen-bond donors (Lipinski definition) is 0. The van der Waals surface area contributed by atoms with Gasteiger partial charge in [-0.15, -0.1) is 0 Å². The highest BCUT2D eigenvalue weighted by Crippen LogP contribution is 2.39. The lowest BCUT2D eigenvalue weighted by atomic mass is 10.1. The van der Waals surface area contributed by atoms with Gasteiger partial charge in [0, 0.05) is 24.6 Å². The molecule has 1 saturated heterocycles. The molecule has 0 amide bonds. The zero-order valence-corrected chi connectivity index (χ0v) is 16.2. The molecule has 0 N–H and O–H groups in total. The molecule has 8 heteroatoms. The molecule has 3 rings (SSSR count). The molecule has 2 aromatic rings. The van der Waals surface area contributed by atoms with E-state index in [1.165, 1.54) is 24.6 Å². The summed E-state index contributed by atoms with van der Waals surface area (Å²) in [5.74, 6) is 1.70. The fraction of sp³-hybridized carbons (Fsp3) is 0.500. The lowest BCUT2D eigenvalue weighted by Crippen LogP contribution is -2.31. The van der Waals surface area contributed by atoms with Crippen molar-refractivity contribution in [3.63, 3.8) is 0 Å². The minimum absolute atomic E-state index is 0.0961. The summed E-state index contributed by atoms with van der Waals surface area (Å²) in [6.07, 6.45) is 1.47. The van der Waals surface area contributed by atoms with Crippen LogP contribution >= 0.6 is 0 Å². The third-order valence-electron chi connectivity index (χ3n) is 4.62. The summed E-state index contributed by atoms with van der Waals surface area (Å²) in [6.45, 7) is 4.44. The van der Waals surface area contributed by atoms with Crippen LogP contribution in [-0.2, 0) is 10.0 Å². The third-order valence-corrected chi connectivity index (χ3v) is 6.55. The second kappa shape index (κ2) is 7.28. The van der Waals surface area contributed by atoms with E-state index in [-0.39, 0.29) is 16.9 Å². The Morgan fingerprint density at radius 1 is 1.23 bits per heavy atom. The number of rotatable bonds is 6. The molecule has 1 aromatic heterocycles. The van der Waals surface area contributed by atoms with E-state index in [4.69, 9.17) is 14.0 Å². The van der Waals surface area contributed by atoms with Crippen molar-refractivity contribution in [3.05, 3.63) is 35.7 Å². The van der Waals surface area contributed by atoms with Crippen molar-refractivity contribution in [3.8, 4) is 11.5 Å². The molecule has 1 unspecified atom stereocenters. The molecule has 0 bridgehead atoms. The van der Waals surface area contributed by atoms with Crippen molar-refractivity contribution in [2.75, 3.05) is 20.8 Å². The van der Waals surface area contributed by atoms with Gasteiger partial charge in [-0.3, -0.25) is 0 Å². The van der Waals surface area contributed by atoms with E-state index < -0.39 is 10.0 Å². The van der Waals surface area contributed by atoms with Crippen LogP contribution in [0.1, 0.15) is 50.1 Å². The topological polar surface area (TPSA) is 81.9 Å². The summed E-state index contributed by atoms with van der Waals surface area (Å²) in [5.41, 5.74) is 0.650. The predicted octanol–water partition coefficient (Wildman–Crippen LogP) is 3.34. The highest BCUT2D eigenvalue weighted by Gasteiger charge is 2.39. The van der Waals surface area contributed by atoms with Gasteiger partial charge in [0.25, 0.3) is 0 Å². The first kappa shape index (κ1) is 18.7. The first-order valence-corrected chi connectivity index (χ1v) is 10.0. The second-order valence-corrected chi connectivity index (χ2v) is 8.46. The summed E-state index contributed by atoms with van der Waals surface area (Å²) in [6, 6.07) is 6.28. The van der Waals surface area contributed by atoms with Crippen molar-refractivity contribution >= 4 is 10.0 Å². The Morgan fingerprint density at radius 2 is 2.00 bits per heavy atom. The lowest BCUT2D eigenvalue weighted by Gasteiger charge is -2.23. The number of ether oxygens (including phenoxy) is 2. The standard InChI is InChI=1S/C18H24N2O5S/c1-12(2)17-11-14(19-25-17)15-6-5-9-20(15)26(21,22)18-10-13(23-3)7-8-16(18)24-4/h7-8,10-12,15H,5-6,9H2,1-4H3. The Hall–Kier alpha value is -2.06. The molecule has 1 atom stereocenters. The number of sulfonamides is 1. The fourth-order valence-electron chi connectivity index (χ4n) is 3.17. The summed E-state index contributed by atoms with van der Waals surface area (Å²) >= 11 is 0. The van der Waals surface area contributed by atoms with Crippen LogP contribution in [0.25, 0.3) is 0 Å². The number of nitrogens with zero attached hydrogens (tertiary/aromatic N) is 2. The molecule has 1 aliphatic heterocycles. The van der Waals surface area contributed by atoms with Crippen LogP contribution in [-0.4, -0.2) is 38.6 Å². The lowest BCUT2D eigenvalue weighted by molar-refractivity contribution is 0.336. The average Bonchev–Trinajstić information content (AvgIpc) is 3.30. The maximum atomic E-state index is 13.3. The summed E-state index contributed by atoms with van der Waals surface area (Å²) in [7, 11) is -0.823. The molecular weight excluding hydrogens is 356 g/mol. The highest BCUT2D eigenvalue weighted by molar-refractivity contribution is 7.89. The van der Waals surface area contributed by atoms with Crippen LogP contribution in [0, 0.1) is 0 Å². The maximum absolute atomic E-state index is 13.3. The van der Waals surface area contributed by atoms with E-state index >= 15 is 0 Å². The van der Waals surface area contributed by atoms with Gasteiger partial charge in [0.05, 0.1) is 20.3 Å². The Kier molecular flexibility index (Phi) is 5.24. The van der Waals surface area contributed by atoms with Crippen LogP contribution in [0.5, 0.6) is 11.5 Å². The van der Waals surface area contributed by atoms with Gasteiger partial charge in [0.2, 0.25) is 10.0 Å². The molecule has 1 aromatic carbocycles. The van der Waals surface area contributed by atoms with Crippen molar-refractivity contribution in [1.29, 1.82) is 0 Å². The predicted molar refractivity (Wildman–Crippen MR) is 96.0 cm³/mol. The first-order chi connectivity index (χ1) is 12.4. The molecule has 0 aliphatic carbocycles. The number of benzene rings is 1. The minimum atomic E-state index is -3.78. The third kappa shape index (κ3) is 3.31. The zero-order chi connectivity index (χ0) is 18.9. The monoisotopic (exact) mass is 380 g/mol. The van der Waals surface area contributed by atoms with Gasteiger partial charge >= 0.3 is 0 Å². The normalized spacial score (nSPS) is 18.4. The van der Waals surface area contributed by atoms with Crippen LogP contribution in [0.4, 0.5) is 0 Å². The van der Waals surface area contributed by atoms with Crippen LogP contribution in [0.15, 0.2) is 33.7 Å².